The molecule has 29 heavy (non-hydrogen) atoms. The standard InChI is InChI=1S/C22H28N6O/c1-16-21(22(29)25-14-13-24-18-8-4-2-3-5-9-18)26-27-28(16)20-10-6-7-17-15-23-12-11-19(17)20/h6-7,10-12,15,18,24H,2-5,8-9,13-14H2,1H3,(H,25,29). The van der Waals surface area contributed by atoms with E-state index >= 15 is 0 Å². The molecular weight excluding hydrogens is 364 g/mol. The molecule has 1 amide bonds. The maximum Gasteiger partial charge on any atom is 0.273 e. The highest BCUT2D eigenvalue weighted by Crippen LogP contribution is 2.22. The van der Waals surface area contributed by atoms with Crippen molar-refractivity contribution in [1.29, 1.82) is 0 Å². The van der Waals surface area contributed by atoms with Gasteiger partial charge in [-0.1, -0.05) is 43.0 Å². The van der Waals surface area contributed by atoms with E-state index in [1.54, 1.807) is 10.9 Å². The normalized spacial score (nSPS) is 15.3. The van der Waals surface area contributed by atoms with Crippen molar-refractivity contribution in [3.05, 3.63) is 48.0 Å². The van der Waals surface area contributed by atoms with Crippen molar-refractivity contribution in [3.63, 3.8) is 0 Å². The summed E-state index contributed by atoms with van der Waals surface area (Å²) < 4.78 is 1.72. The summed E-state index contributed by atoms with van der Waals surface area (Å²) in [4.78, 5) is 16.8. The van der Waals surface area contributed by atoms with Crippen LogP contribution in [-0.2, 0) is 0 Å². The van der Waals surface area contributed by atoms with E-state index in [2.05, 4.69) is 25.9 Å². The largest absolute Gasteiger partial charge is 0.349 e. The molecule has 2 aromatic heterocycles. The fourth-order valence-corrected chi connectivity index (χ4v) is 4.08. The highest BCUT2D eigenvalue weighted by Gasteiger charge is 2.18. The number of carbonyl (C=O) groups excluding carboxylic acids is 1. The fourth-order valence-electron chi connectivity index (χ4n) is 4.08. The van der Waals surface area contributed by atoms with E-state index in [4.69, 9.17) is 0 Å². The third-order valence-corrected chi connectivity index (χ3v) is 5.69. The summed E-state index contributed by atoms with van der Waals surface area (Å²) in [5.74, 6) is -0.182. The predicted octanol–water partition coefficient (Wildman–Crippen LogP) is 3.17. The van der Waals surface area contributed by atoms with Gasteiger partial charge in [0.15, 0.2) is 5.69 Å². The topological polar surface area (TPSA) is 84.7 Å². The van der Waals surface area contributed by atoms with Gasteiger partial charge in [-0.05, 0) is 31.9 Å². The van der Waals surface area contributed by atoms with Crippen molar-refractivity contribution in [2.75, 3.05) is 13.1 Å². The average molecular weight is 393 g/mol. The van der Waals surface area contributed by atoms with Gasteiger partial charge in [-0.15, -0.1) is 5.10 Å². The number of nitrogens with one attached hydrogen (secondary N) is 2. The Bertz CT molecular complexity index is 969. The van der Waals surface area contributed by atoms with Gasteiger partial charge in [0, 0.05) is 42.3 Å². The van der Waals surface area contributed by atoms with Gasteiger partial charge in [0.1, 0.15) is 0 Å². The molecule has 0 unspecified atom stereocenters. The number of hydrogen-bond donors (Lipinski definition) is 2. The second kappa shape index (κ2) is 9.13. The van der Waals surface area contributed by atoms with Gasteiger partial charge in [0.2, 0.25) is 0 Å². The van der Waals surface area contributed by atoms with Gasteiger partial charge in [-0.25, -0.2) is 4.68 Å². The maximum absolute atomic E-state index is 12.6. The zero-order chi connectivity index (χ0) is 20.1. The zero-order valence-electron chi connectivity index (χ0n) is 16.9. The Labute approximate surface area is 170 Å². The van der Waals surface area contributed by atoms with Crippen molar-refractivity contribution in [1.82, 2.24) is 30.6 Å². The Morgan fingerprint density at radius 2 is 1.97 bits per heavy atom. The molecule has 7 nitrogen and oxygen atoms in total. The second-order valence-corrected chi connectivity index (χ2v) is 7.71. The van der Waals surface area contributed by atoms with Crippen LogP contribution in [0.25, 0.3) is 16.5 Å². The summed E-state index contributed by atoms with van der Waals surface area (Å²) in [6, 6.07) is 8.47. The van der Waals surface area contributed by atoms with Crippen LogP contribution >= 0.6 is 0 Å². The molecule has 0 radical (unpaired) electrons. The lowest BCUT2D eigenvalue weighted by Gasteiger charge is -2.16. The van der Waals surface area contributed by atoms with Crippen LogP contribution in [0.4, 0.5) is 0 Å². The van der Waals surface area contributed by atoms with Crippen LogP contribution in [0.15, 0.2) is 36.7 Å². The Morgan fingerprint density at radius 3 is 2.79 bits per heavy atom. The number of pyridine rings is 1. The van der Waals surface area contributed by atoms with E-state index in [0.717, 1.165) is 28.7 Å². The van der Waals surface area contributed by atoms with Crippen molar-refractivity contribution >= 4 is 16.7 Å². The smallest absolute Gasteiger partial charge is 0.273 e. The van der Waals surface area contributed by atoms with Crippen LogP contribution < -0.4 is 10.6 Å². The minimum Gasteiger partial charge on any atom is -0.349 e. The second-order valence-electron chi connectivity index (χ2n) is 7.71. The van der Waals surface area contributed by atoms with E-state index in [0.29, 0.717) is 18.3 Å². The Morgan fingerprint density at radius 1 is 1.14 bits per heavy atom. The number of amides is 1. The molecule has 7 heteroatoms. The van der Waals surface area contributed by atoms with Crippen molar-refractivity contribution in [2.24, 2.45) is 0 Å². The molecule has 2 heterocycles. The Balaban J connectivity index is 1.39. The molecule has 3 aromatic rings. The number of fused-ring (bicyclic) bond motifs is 1. The summed E-state index contributed by atoms with van der Waals surface area (Å²) in [5.41, 5.74) is 1.98. The van der Waals surface area contributed by atoms with Crippen LogP contribution in [0.2, 0.25) is 0 Å². The van der Waals surface area contributed by atoms with E-state index in [1.807, 2.05) is 37.4 Å². The lowest BCUT2D eigenvalue weighted by Crippen LogP contribution is -2.37. The first-order valence-electron chi connectivity index (χ1n) is 10.5. The summed E-state index contributed by atoms with van der Waals surface area (Å²) >= 11 is 0. The number of benzene rings is 1. The summed E-state index contributed by atoms with van der Waals surface area (Å²) in [5, 5.41) is 17.0. The Hall–Kier alpha value is -2.80. The number of nitrogens with zero attached hydrogens (tertiary/aromatic N) is 4. The molecular formula is C22H28N6O. The first-order valence-corrected chi connectivity index (χ1v) is 10.5. The van der Waals surface area contributed by atoms with E-state index in [1.165, 1.54) is 38.5 Å². The molecule has 0 atom stereocenters. The number of aromatic nitrogens is 4. The molecule has 1 fully saturated rings. The molecule has 1 aromatic carbocycles. The molecule has 4 rings (SSSR count). The molecule has 0 aliphatic heterocycles. The first kappa shape index (κ1) is 19.5. The zero-order valence-corrected chi connectivity index (χ0v) is 16.9. The molecule has 1 saturated carbocycles. The van der Waals surface area contributed by atoms with Crippen molar-refractivity contribution in [2.45, 2.75) is 51.5 Å². The maximum atomic E-state index is 12.6. The molecule has 0 spiro atoms. The number of hydrogen-bond acceptors (Lipinski definition) is 5. The van der Waals surface area contributed by atoms with Crippen molar-refractivity contribution in [3.8, 4) is 5.69 Å². The van der Waals surface area contributed by atoms with E-state index in [9.17, 15) is 4.79 Å². The van der Waals surface area contributed by atoms with Gasteiger partial charge in [-0.3, -0.25) is 9.78 Å². The summed E-state index contributed by atoms with van der Waals surface area (Å²) in [6.07, 6.45) is 11.3. The lowest BCUT2D eigenvalue weighted by molar-refractivity contribution is 0.0948. The molecule has 1 aliphatic carbocycles. The Kier molecular flexibility index (Phi) is 6.14. The monoisotopic (exact) mass is 392 g/mol. The number of rotatable bonds is 6. The SMILES string of the molecule is Cc1c(C(=O)NCCNC2CCCCCC2)nnn1-c1cccc2cnccc12. The van der Waals surface area contributed by atoms with Crippen LogP contribution in [-0.4, -0.2) is 45.0 Å². The van der Waals surface area contributed by atoms with Crippen LogP contribution in [0, 0.1) is 6.92 Å². The lowest BCUT2D eigenvalue weighted by atomic mass is 10.1. The molecule has 0 bridgehead atoms. The molecule has 152 valence electrons. The fraction of sp³-hybridized carbons (Fsp3) is 0.455. The number of carbonyl (C=O) groups is 1. The van der Waals surface area contributed by atoms with Gasteiger partial charge in [-0.2, -0.15) is 0 Å². The summed E-state index contributed by atoms with van der Waals surface area (Å²) in [6.45, 7) is 3.24. The van der Waals surface area contributed by atoms with E-state index < -0.39 is 0 Å². The van der Waals surface area contributed by atoms with Gasteiger partial charge in [0.05, 0.1) is 11.4 Å². The quantitative estimate of drug-likeness (QED) is 0.497. The van der Waals surface area contributed by atoms with E-state index in [-0.39, 0.29) is 5.91 Å². The predicted molar refractivity (Wildman–Crippen MR) is 113 cm³/mol. The minimum atomic E-state index is -0.182. The third-order valence-electron chi connectivity index (χ3n) is 5.69. The minimum absolute atomic E-state index is 0.182. The van der Waals surface area contributed by atoms with Gasteiger partial charge >= 0.3 is 0 Å². The molecule has 2 N–H and O–H groups in total. The molecule has 0 saturated heterocycles. The van der Waals surface area contributed by atoms with Crippen LogP contribution in [0.5, 0.6) is 0 Å². The van der Waals surface area contributed by atoms with Gasteiger partial charge in [0.25, 0.3) is 5.91 Å². The average Bonchev–Trinajstić information content (AvgIpc) is 2.95. The first-order chi connectivity index (χ1) is 14.2. The third kappa shape index (κ3) is 4.45. The van der Waals surface area contributed by atoms with Crippen LogP contribution in [0.1, 0.15) is 54.7 Å². The van der Waals surface area contributed by atoms with Crippen LogP contribution in [0.3, 0.4) is 0 Å². The summed E-state index contributed by atoms with van der Waals surface area (Å²) in [7, 11) is 0. The molecule has 1 aliphatic rings. The van der Waals surface area contributed by atoms with Crippen molar-refractivity contribution < 1.29 is 4.79 Å². The highest BCUT2D eigenvalue weighted by molar-refractivity contribution is 5.94. The van der Waals surface area contributed by atoms with Gasteiger partial charge < -0.3 is 10.6 Å². The highest BCUT2D eigenvalue weighted by atomic mass is 16.2.